The van der Waals surface area contributed by atoms with Crippen molar-refractivity contribution in [1.82, 2.24) is 15.2 Å². The minimum Gasteiger partial charge on any atom is -0.490 e. The molecule has 162 valence electrons. The zero-order valence-electron chi connectivity index (χ0n) is 18.1. The van der Waals surface area contributed by atoms with E-state index in [9.17, 15) is 0 Å². The van der Waals surface area contributed by atoms with Gasteiger partial charge in [-0.25, -0.2) is 4.98 Å². The molecule has 1 heterocycles. The molecule has 1 aromatic heterocycles. The summed E-state index contributed by atoms with van der Waals surface area (Å²) in [6, 6.07) is 11.4. The number of rotatable bonds is 11. The molecule has 0 bridgehead atoms. The van der Waals surface area contributed by atoms with Crippen LogP contribution in [0.25, 0.3) is 0 Å². The minimum absolute atomic E-state index is 0.528. The molecule has 1 aliphatic carbocycles. The number of hydrogen-bond donors (Lipinski definition) is 1. The van der Waals surface area contributed by atoms with Crippen LogP contribution in [0.1, 0.15) is 25.3 Å². The van der Waals surface area contributed by atoms with Gasteiger partial charge in [0.05, 0.1) is 13.2 Å². The summed E-state index contributed by atoms with van der Waals surface area (Å²) in [6.45, 7) is 5.56. The Hall–Kier alpha value is -2.80. The number of hydrogen-bond acceptors (Lipinski definition) is 5. The van der Waals surface area contributed by atoms with E-state index in [0.717, 1.165) is 30.6 Å². The van der Waals surface area contributed by atoms with Crippen LogP contribution in [0.4, 0.5) is 0 Å². The maximum absolute atomic E-state index is 5.88. The third-order valence-electron chi connectivity index (χ3n) is 4.81. The van der Waals surface area contributed by atoms with Crippen LogP contribution < -0.4 is 14.8 Å². The van der Waals surface area contributed by atoms with Gasteiger partial charge in [0.2, 0.25) is 5.88 Å². The molecule has 7 heteroatoms. The van der Waals surface area contributed by atoms with Crippen molar-refractivity contribution >= 4 is 5.96 Å². The van der Waals surface area contributed by atoms with E-state index in [4.69, 9.17) is 14.2 Å². The summed E-state index contributed by atoms with van der Waals surface area (Å²) >= 11 is 0. The highest BCUT2D eigenvalue weighted by Gasteiger charge is 2.21. The molecule has 0 spiro atoms. The topological polar surface area (TPSA) is 68.2 Å². The Morgan fingerprint density at radius 3 is 2.67 bits per heavy atom. The lowest BCUT2D eigenvalue weighted by Crippen LogP contribution is -2.40. The molecule has 30 heavy (non-hydrogen) atoms. The van der Waals surface area contributed by atoms with Gasteiger partial charge in [-0.1, -0.05) is 18.2 Å². The first-order chi connectivity index (χ1) is 14.7. The van der Waals surface area contributed by atoms with Gasteiger partial charge in [-0.15, -0.1) is 0 Å². The Balaban J connectivity index is 1.46. The predicted octanol–water partition coefficient (Wildman–Crippen LogP) is 3.71. The van der Waals surface area contributed by atoms with Gasteiger partial charge in [0.25, 0.3) is 0 Å². The van der Waals surface area contributed by atoms with E-state index in [1.165, 1.54) is 12.8 Å². The van der Waals surface area contributed by atoms with Gasteiger partial charge in [0, 0.05) is 46.1 Å². The molecule has 0 radical (unpaired) electrons. The van der Waals surface area contributed by atoms with Crippen molar-refractivity contribution in [2.45, 2.75) is 26.3 Å². The van der Waals surface area contributed by atoms with E-state index < -0.39 is 0 Å². The fraction of sp³-hybridized carbons (Fsp3) is 0.478. The van der Waals surface area contributed by atoms with Gasteiger partial charge < -0.3 is 24.4 Å². The number of ether oxygens (including phenoxy) is 3. The van der Waals surface area contributed by atoms with E-state index in [1.54, 1.807) is 13.2 Å². The van der Waals surface area contributed by atoms with Gasteiger partial charge in [-0.2, -0.15) is 0 Å². The maximum atomic E-state index is 5.88. The third-order valence-corrected chi connectivity index (χ3v) is 4.81. The highest BCUT2D eigenvalue weighted by Crippen LogP contribution is 2.30. The quantitative estimate of drug-likeness (QED) is 0.345. The number of para-hydroxylation sites is 2. The molecule has 0 aliphatic heterocycles. The van der Waals surface area contributed by atoms with Crippen molar-refractivity contribution in [2.24, 2.45) is 10.9 Å². The lowest BCUT2D eigenvalue weighted by molar-refractivity contribution is 0.115. The fourth-order valence-corrected chi connectivity index (χ4v) is 2.91. The molecule has 1 aromatic carbocycles. The molecule has 2 aromatic rings. The molecular formula is C23H32N4O3. The Labute approximate surface area is 179 Å². The molecule has 1 saturated carbocycles. The van der Waals surface area contributed by atoms with Crippen LogP contribution in [-0.4, -0.2) is 56.3 Å². The summed E-state index contributed by atoms with van der Waals surface area (Å²) < 4.78 is 17.2. The van der Waals surface area contributed by atoms with Crippen molar-refractivity contribution < 1.29 is 14.2 Å². The number of aliphatic imine (C=N–C) groups is 1. The second-order valence-electron chi connectivity index (χ2n) is 7.33. The molecule has 0 unspecified atom stereocenters. The van der Waals surface area contributed by atoms with Crippen LogP contribution in [0.15, 0.2) is 47.6 Å². The van der Waals surface area contributed by atoms with Gasteiger partial charge in [0.1, 0.15) is 0 Å². The van der Waals surface area contributed by atoms with Crippen LogP contribution in [0.3, 0.4) is 0 Å². The maximum Gasteiger partial charge on any atom is 0.219 e. The Bertz CT molecular complexity index is 806. The summed E-state index contributed by atoms with van der Waals surface area (Å²) in [5.74, 6) is 3.51. The number of guanidine groups is 1. The SMILES string of the molecule is CCOc1ccccc1Oc1ccc(CNC(=NC)N(C)CCOCC2CC2)cn1. The number of likely N-dealkylation sites (N-methyl/N-ethyl adjacent to an activating group) is 1. The second-order valence-corrected chi connectivity index (χ2v) is 7.33. The minimum atomic E-state index is 0.528. The lowest BCUT2D eigenvalue weighted by Gasteiger charge is -2.22. The molecule has 3 rings (SSSR count). The van der Waals surface area contributed by atoms with Crippen molar-refractivity contribution in [1.29, 1.82) is 0 Å². The molecular weight excluding hydrogens is 380 g/mol. The number of benzene rings is 1. The Morgan fingerprint density at radius 1 is 1.20 bits per heavy atom. The second kappa shape index (κ2) is 11.4. The molecule has 1 fully saturated rings. The fourth-order valence-electron chi connectivity index (χ4n) is 2.91. The largest absolute Gasteiger partial charge is 0.490 e. The summed E-state index contributed by atoms with van der Waals surface area (Å²) in [5, 5.41) is 3.36. The van der Waals surface area contributed by atoms with E-state index in [0.29, 0.717) is 37.1 Å². The lowest BCUT2D eigenvalue weighted by atomic mass is 10.3. The smallest absolute Gasteiger partial charge is 0.219 e. The van der Waals surface area contributed by atoms with Gasteiger partial charge >= 0.3 is 0 Å². The first-order valence-electron chi connectivity index (χ1n) is 10.5. The molecule has 7 nitrogen and oxygen atoms in total. The summed E-state index contributed by atoms with van der Waals surface area (Å²) in [6.07, 6.45) is 4.43. The number of nitrogens with one attached hydrogen (secondary N) is 1. The van der Waals surface area contributed by atoms with Crippen molar-refractivity contribution in [3.05, 3.63) is 48.2 Å². The summed E-state index contributed by atoms with van der Waals surface area (Å²) in [5.41, 5.74) is 1.04. The number of nitrogens with zero attached hydrogens (tertiary/aromatic N) is 3. The first-order valence-corrected chi connectivity index (χ1v) is 10.5. The number of aromatic nitrogens is 1. The van der Waals surface area contributed by atoms with Crippen LogP contribution >= 0.6 is 0 Å². The number of pyridine rings is 1. The zero-order valence-corrected chi connectivity index (χ0v) is 18.1. The van der Waals surface area contributed by atoms with E-state index in [1.807, 2.05) is 50.4 Å². The van der Waals surface area contributed by atoms with E-state index in [2.05, 4.69) is 20.2 Å². The molecule has 0 amide bonds. The van der Waals surface area contributed by atoms with Crippen LogP contribution in [0.2, 0.25) is 0 Å². The first kappa shape index (κ1) is 21.9. The highest BCUT2D eigenvalue weighted by atomic mass is 16.5. The van der Waals surface area contributed by atoms with Crippen molar-refractivity contribution in [3.63, 3.8) is 0 Å². The molecule has 1 aliphatic rings. The standard InChI is InChI=1S/C23H32N4O3/c1-4-29-20-7-5-6-8-21(20)30-22-12-11-19(15-25-22)16-26-23(24-2)27(3)13-14-28-17-18-9-10-18/h5-8,11-12,15,18H,4,9-10,13-14,16-17H2,1-3H3,(H,24,26). The van der Waals surface area contributed by atoms with E-state index in [-0.39, 0.29) is 0 Å². The van der Waals surface area contributed by atoms with Crippen LogP contribution in [0.5, 0.6) is 17.4 Å². The van der Waals surface area contributed by atoms with Gasteiger partial charge in [-0.3, -0.25) is 4.99 Å². The van der Waals surface area contributed by atoms with Gasteiger partial charge in [-0.05, 0) is 43.4 Å². The normalized spacial score (nSPS) is 13.8. The Morgan fingerprint density at radius 2 is 2.00 bits per heavy atom. The zero-order chi connectivity index (χ0) is 21.2. The molecule has 1 N–H and O–H groups in total. The summed E-state index contributed by atoms with van der Waals surface area (Å²) in [4.78, 5) is 10.8. The average Bonchev–Trinajstić information content (AvgIpc) is 3.59. The van der Waals surface area contributed by atoms with Crippen molar-refractivity contribution in [3.8, 4) is 17.4 Å². The van der Waals surface area contributed by atoms with Crippen LogP contribution in [-0.2, 0) is 11.3 Å². The average molecular weight is 413 g/mol. The Kier molecular flexibility index (Phi) is 8.32. The third kappa shape index (κ3) is 6.91. The van der Waals surface area contributed by atoms with E-state index >= 15 is 0 Å². The highest BCUT2D eigenvalue weighted by molar-refractivity contribution is 5.79. The molecule has 0 atom stereocenters. The molecule has 0 saturated heterocycles. The monoisotopic (exact) mass is 412 g/mol. The van der Waals surface area contributed by atoms with Crippen molar-refractivity contribution in [2.75, 3.05) is 40.5 Å². The summed E-state index contributed by atoms with van der Waals surface area (Å²) in [7, 11) is 3.80. The predicted molar refractivity (Wildman–Crippen MR) is 118 cm³/mol. The van der Waals surface area contributed by atoms with Crippen LogP contribution in [0, 0.1) is 5.92 Å². The van der Waals surface area contributed by atoms with Gasteiger partial charge in [0.15, 0.2) is 17.5 Å².